The van der Waals surface area contributed by atoms with E-state index in [1.54, 1.807) is 12.1 Å². The largest absolute Gasteiger partial charge is 0.744 e. The molecule has 154 valence electrons. The first kappa shape index (κ1) is 23.0. The fourth-order valence-electron chi connectivity index (χ4n) is 2.30. The van der Waals surface area contributed by atoms with Crippen molar-refractivity contribution in [2.45, 2.75) is 48.0 Å². The van der Waals surface area contributed by atoms with E-state index in [0.717, 1.165) is 11.3 Å². The molecule has 0 radical (unpaired) electrons. The Balaban J connectivity index is 0.000000234. The zero-order chi connectivity index (χ0) is 21.5. The molecule has 0 fully saturated rings. The molecule has 0 saturated carbocycles. The van der Waals surface area contributed by atoms with Gasteiger partial charge < -0.3 is 9.29 Å². The molecule has 0 aromatic heterocycles. The molecular weight excluding hydrogens is 404 g/mol. The molecular formula is C23H26O4S2. The second-order valence-electron chi connectivity index (χ2n) is 7.42. The predicted octanol–water partition coefficient (Wildman–Crippen LogP) is 5.00. The summed E-state index contributed by atoms with van der Waals surface area (Å²) in [5, 5.41) is 0. The van der Waals surface area contributed by atoms with Crippen LogP contribution in [0.5, 0.6) is 5.75 Å². The van der Waals surface area contributed by atoms with Crippen LogP contribution >= 0.6 is 0 Å². The summed E-state index contributed by atoms with van der Waals surface area (Å²) in [5.41, 5.74) is 0.788. The highest BCUT2D eigenvalue weighted by atomic mass is 32.2. The maximum absolute atomic E-state index is 10.4. The van der Waals surface area contributed by atoms with Crippen molar-refractivity contribution in [1.29, 1.82) is 0 Å². The Kier molecular flexibility index (Phi) is 7.90. The van der Waals surface area contributed by atoms with Gasteiger partial charge in [-0.25, -0.2) is 8.42 Å². The summed E-state index contributed by atoms with van der Waals surface area (Å²) < 4.78 is 37.0. The minimum absolute atomic E-state index is 0.140. The lowest BCUT2D eigenvalue weighted by atomic mass is 10.2. The topological polar surface area (TPSA) is 66.4 Å². The molecule has 0 aliphatic carbocycles. The summed E-state index contributed by atoms with van der Waals surface area (Å²) in [7, 11) is -4.27. The Bertz CT molecular complexity index is 989. The molecule has 3 aromatic rings. The Morgan fingerprint density at radius 3 is 1.79 bits per heavy atom. The minimum Gasteiger partial charge on any atom is -0.744 e. The van der Waals surface area contributed by atoms with Crippen LogP contribution in [-0.2, 0) is 21.9 Å². The van der Waals surface area contributed by atoms with Crippen molar-refractivity contribution in [3.8, 4) is 5.75 Å². The molecule has 0 unspecified atom stereocenters. The van der Waals surface area contributed by atoms with Crippen molar-refractivity contribution in [1.82, 2.24) is 0 Å². The first-order chi connectivity index (χ1) is 13.5. The summed E-state index contributed by atoms with van der Waals surface area (Å²) in [5.74, 6) is 0.925. The predicted molar refractivity (Wildman–Crippen MR) is 118 cm³/mol. The van der Waals surface area contributed by atoms with Crippen LogP contribution in [-0.4, -0.2) is 18.6 Å². The van der Waals surface area contributed by atoms with Gasteiger partial charge >= 0.3 is 0 Å². The molecule has 0 spiro atoms. The summed E-state index contributed by atoms with van der Waals surface area (Å²) in [6.45, 7) is 8.00. The zero-order valence-electron chi connectivity index (χ0n) is 17.0. The van der Waals surface area contributed by atoms with Gasteiger partial charge in [-0.15, -0.1) is 0 Å². The third-order valence-corrected chi connectivity index (χ3v) is 5.55. The first-order valence-corrected chi connectivity index (χ1v) is 11.4. The number of rotatable bonds is 4. The van der Waals surface area contributed by atoms with E-state index >= 15 is 0 Å². The molecule has 3 aromatic carbocycles. The highest BCUT2D eigenvalue weighted by Gasteiger charge is 2.12. The molecule has 3 rings (SSSR count). The van der Waals surface area contributed by atoms with Gasteiger partial charge in [0.05, 0.1) is 4.90 Å². The molecule has 6 heteroatoms. The monoisotopic (exact) mass is 430 g/mol. The number of benzene rings is 3. The summed E-state index contributed by atoms with van der Waals surface area (Å²) in [6.07, 6.45) is 0. The van der Waals surface area contributed by atoms with Crippen LogP contribution in [0.1, 0.15) is 26.3 Å². The van der Waals surface area contributed by atoms with Gasteiger partial charge in [-0.2, -0.15) is 0 Å². The first-order valence-electron chi connectivity index (χ1n) is 9.11. The van der Waals surface area contributed by atoms with E-state index in [0.29, 0.717) is 0 Å². The van der Waals surface area contributed by atoms with E-state index in [-0.39, 0.29) is 10.5 Å². The Labute approximate surface area is 177 Å². The molecule has 0 saturated heterocycles. The second kappa shape index (κ2) is 9.96. The number of thiol groups is 1. The van der Waals surface area contributed by atoms with Crippen LogP contribution in [0.25, 0.3) is 0 Å². The van der Waals surface area contributed by atoms with Gasteiger partial charge in [0.25, 0.3) is 0 Å². The Morgan fingerprint density at radius 2 is 1.31 bits per heavy atom. The van der Waals surface area contributed by atoms with Crippen molar-refractivity contribution in [2.75, 3.05) is 0 Å². The van der Waals surface area contributed by atoms with Crippen LogP contribution in [0.15, 0.2) is 93.5 Å². The maximum atomic E-state index is 10.4. The van der Waals surface area contributed by atoms with Gasteiger partial charge in [0, 0.05) is 11.8 Å². The lowest BCUT2D eigenvalue weighted by Gasteiger charge is -2.20. The number of ether oxygens (including phenoxy) is 1. The molecule has 29 heavy (non-hydrogen) atoms. The summed E-state index contributed by atoms with van der Waals surface area (Å²) in [6, 6.07) is 24.6. The standard InChI is InChI=1S/C16H18OS.C7H8O3S/c1-16(2,3)17-13-9-11-15(12-10-13)18-14-7-5-4-6-8-14;1-6-2-4-7(5-3-6)11(8,9)10/h4-12H,1-3H3;2-5H,1H3,(H,8,9,10). The highest BCUT2D eigenvalue weighted by molar-refractivity contribution is 7.85. The van der Waals surface area contributed by atoms with Crippen molar-refractivity contribution in [3.63, 3.8) is 0 Å². The second-order valence-corrected chi connectivity index (χ2v) is 10.1. The van der Waals surface area contributed by atoms with E-state index in [2.05, 4.69) is 57.2 Å². The van der Waals surface area contributed by atoms with E-state index in [9.17, 15) is 13.0 Å². The molecule has 0 amide bonds. The van der Waals surface area contributed by atoms with Gasteiger partial charge in [-0.05, 0) is 76.2 Å². The van der Waals surface area contributed by atoms with Gasteiger partial charge in [0.2, 0.25) is 0 Å². The van der Waals surface area contributed by atoms with Crippen molar-refractivity contribution < 1.29 is 17.7 Å². The van der Waals surface area contributed by atoms with E-state index in [4.69, 9.17) is 4.74 Å². The number of aryl methyl sites for hydroxylation is 1. The highest BCUT2D eigenvalue weighted by Crippen LogP contribution is 2.20. The third-order valence-electron chi connectivity index (χ3n) is 3.58. The van der Waals surface area contributed by atoms with Crippen molar-refractivity contribution in [3.05, 3.63) is 84.4 Å². The van der Waals surface area contributed by atoms with Gasteiger partial charge in [0.15, 0.2) is 9.79 Å². The van der Waals surface area contributed by atoms with E-state index < -0.39 is 10.1 Å². The van der Waals surface area contributed by atoms with Crippen molar-refractivity contribution in [2.24, 2.45) is 0 Å². The Morgan fingerprint density at radius 1 is 0.793 bits per heavy atom. The number of hydrogen-bond donors (Lipinski definition) is 0. The molecule has 4 nitrogen and oxygen atoms in total. The van der Waals surface area contributed by atoms with Gasteiger partial charge in [0.1, 0.15) is 21.5 Å². The van der Waals surface area contributed by atoms with E-state index in [1.807, 2.05) is 25.1 Å². The van der Waals surface area contributed by atoms with Crippen LogP contribution in [0, 0.1) is 6.92 Å². The fraction of sp³-hybridized carbons (Fsp3) is 0.217. The quantitative estimate of drug-likeness (QED) is 0.332. The van der Waals surface area contributed by atoms with E-state index in [1.165, 1.54) is 33.7 Å². The average Bonchev–Trinajstić information content (AvgIpc) is 2.63. The SMILES string of the molecule is CC(C)(C)Oc1ccc([SH+]c2ccccc2)cc1.Cc1ccc(S(=O)(=O)[O-])cc1. The third kappa shape index (κ3) is 8.73. The fourth-order valence-corrected chi connectivity index (χ4v) is 3.69. The molecule has 0 atom stereocenters. The Hall–Kier alpha value is -2.28. The van der Waals surface area contributed by atoms with Gasteiger partial charge in [-0.1, -0.05) is 35.9 Å². The molecule has 0 aliphatic rings. The van der Waals surface area contributed by atoms with Gasteiger partial charge in [-0.3, -0.25) is 0 Å². The zero-order valence-corrected chi connectivity index (χ0v) is 18.7. The maximum Gasteiger partial charge on any atom is 0.158 e. The molecule has 0 bridgehead atoms. The van der Waals surface area contributed by atoms with Crippen LogP contribution < -0.4 is 4.74 Å². The van der Waals surface area contributed by atoms with Crippen LogP contribution in [0.2, 0.25) is 0 Å². The van der Waals surface area contributed by atoms with Crippen LogP contribution in [0.3, 0.4) is 0 Å². The smallest absolute Gasteiger partial charge is 0.158 e. The van der Waals surface area contributed by atoms with Crippen LogP contribution in [0.4, 0.5) is 0 Å². The summed E-state index contributed by atoms with van der Waals surface area (Å²) >= 11 is 1.23. The summed E-state index contributed by atoms with van der Waals surface area (Å²) in [4.78, 5) is 2.41. The number of hydrogen-bond acceptors (Lipinski definition) is 4. The molecule has 0 aliphatic heterocycles. The molecule has 0 N–H and O–H groups in total. The minimum atomic E-state index is -4.27. The average molecular weight is 431 g/mol. The normalized spacial score (nSPS) is 11.3. The van der Waals surface area contributed by atoms with Crippen molar-refractivity contribution >= 4 is 21.9 Å². The molecule has 0 heterocycles. The lowest BCUT2D eigenvalue weighted by Crippen LogP contribution is -2.22. The lowest BCUT2D eigenvalue weighted by molar-refractivity contribution is 0.131.